The van der Waals surface area contributed by atoms with Gasteiger partial charge in [-0.05, 0) is 37.0 Å². The number of anilines is 1. The van der Waals surface area contributed by atoms with E-state index in [0.717, 1.165) is 13.0 Å². The molecule has 0 aliphatic heterocycles. The minimum atomic E-state index is -0.439. The predicted molar refractivity (Wildman–Crippen MR) is 78.1 cm³/mol. The van der Waals surface area contributed by atoms with Gasteiger partial charge in [-0.3, -0.25) is 4.79 Å². The summed E-state index contributed by atoms with van der Waals surface area (Å²) in [6, 6.07) is 3.41. The number of rotatable bonds is 9. The van der Waals surface area contributed by atoms with Crippen LogP contribution in [0.15, 0.2) is 18.3 Å². The highest BCUT2D eigenvalue weighted by atomic mass is 32.2. The number of pyridine rings is 1. The second-order valence-electron chi connectivity index (χ2n) is 4.10. The first kappa shape index (κ1) is 14.8. The summed E-state index contributed by atoms with van der Waals surface area (Å²) in [5, 5.41) is 3.17. The van der Waals surface area contributed by atoms with Crippen molar-refractivity contribution in [2.24, 2.45) is 5.73 Å². The van der Waals surface area contributed by atoms with E-state index in [1.165, 1.54) is 25.0 Å². The van der Waals surface area contributed by atoms with E-state index in [9.17, 15) is 4.79 Å². The maximum Gasteiger partial charge on any atom is 0.252 e. The molecule has 0 spiro atoms. The van der Waals surface area contributed by atoms with Crippen LogP contribution >= 0.6 is 11.8 Å². The van der Waals surface area contributed by atoms with Crippen molar-refractivity contribution in [3.05, 3.63) is 23.9 Å². The summed E-state index contributed by atoms with van der Waals surface area (Å²) in [6.45, 7) is 0.830. The van der Waals surface area contributed by atoms with E-state index in [-0.39, 0.29) is 0 Å². The van der Waals surface area contributed by atoms with Crippen LogP contribution in [0.3, 0.4) is 0 Å². The molecule has 0 atom stereocenters. The molecular formula is C13H21N3OS. The summed E-state index contributed by atoms with van der Waals surface area (Å²) >= 11 is 1.89. The fourth-order valence-electron chi connectivity index (χ4n) is 1.68. The lowest BCUT2D eigenvalue weighted by Gasteiger charge is -2.08. The molecule has 1 heterocycles. The topological polar surface area (TPSA) is 68.0 Å². The highest BCUT2D eigenvalue weighted by molar-refractivity contribution is 7.98. The quantitative estimate of drug-likeness (QED) is 0.675. The van der Waals surface area contributed by atoms with Crippen molar-refractivity contribution < 1.29 is 4.79 Å². The van der Waals surface area contributed by atoms with Crippen LogP contribution in [-0.2, 0) is 0 Å². The molecule has 3 N–H and O–H groups in total. The van der Waals surface area contributed by atoms with E-state index in [1.807, 2.05) is 11.8 Å². The van der Waals surface area contributed by atoms with Crippen molar-refractivity contribution in [1.82, 2.24) is 4.98 Å². The smallest absolute Gasteiger partial charge is 0.252 e. The predicted octanol–water partition coefficient (Wildman–Crippen LogP) is 2.52. The molecule has 100 valence electrons. The first-order chi connectivity index (χ1) is 8.75. The molecule has 1 rings (SSSR count). The van der Waals surface area contributed by atoms with Crippen molar-refractivity contribution in [1.29, 1.82) is 0 Å². The molecule has 0 bridgehead atoms. The van der Waals surface area contributed by atoms with E-state index in [1.54, 1.807) is 18.3 Å². The Balaban J connectivity index is 2.25. The van der Waals surface area contributed by atoms with Gasteiger partial charge in [0.25, 0.3) is 5.91 Å². The number of hydrogen-bond donors (Lipinski definition) is 2. The second kappa shape index (κ2) is 8.80. The van der Waals surface area contributed by atoms with E-state index >= 15 is 0 Å². The summed E-state index contributed by atoms with van der Waals surface area (Å²) in [5.41, 5.74) is 5.74. The number of carbonyl (C=O) groups is 1. The summed E-state index contributed by atoms with van der Waals surface area (Å²) in [5.74, 6) is 1.39. The third-order valence-corrected chi connectivity index (χ3v) is 3.34. The van der Waals surface area contributed by atoms with Crippen molar-refractivity contribution in [2.45, 2.75) is 25.7 Å². The molecule has 0 aliphatic rings. The number of unbranched alkanes of at least 4 members (excludes halogenated alkanes) is 3. The van der Waals surface area contributed by atoms with Gasteiger partial charge in [-0.25, -0.2) is 4.98 Å². The lowest BCUT2D eigenvalue weighted by molar-refractivity contribution is 0.100. The van der Waals surface area contributed by atoms with Crippen LogP contribution in [0.4, 0.5) is 5.82 Å². The lowest BCUT2D eigenvalue weighted by Crippen LogP contribution is -2.15. The van der Waals surface area contributed by atoms with Gasteiger partial charge >= 0.3 is 0 Å². The van der Waals surface area contributed by atoms with E-state index < -0.39 is 5.91 Å². The second-order valence-corrected chi connectivity index (χ2v) is 5.08. The lowest BCUT2D eigenvalue weighted by atomic mass is 10.2. The Labute approximate surface area is 113 Å². The summed E-state index contributed by atoms with van der Waals surface area (Å²) in [6.07, 6.45) is 8.61. The van der Waals surface area contributed by atoms with Gasteiger partial charge in [0.05, 0.1) is 5.56 Å². The molecule has 1 amide bonds. The van der Waals surface area contributed by atoms with Gasteiger partial charge in [0.15, 0.2) is 0 Å². The number of primary amides is 1. The standard InChI is InChI=1S/C13H21N3OS/c1-18-10-5-3-2-4-8-15-13-11(12(14)17)7-6-9-16-13/h6-7,9H,2-5,8,10H2,1H3,(H2,14,17)(H,15,16). The molecule has 0 saturated heterocycles. The Hall–Kier alpha value is -1.23. The van der Waals surface area contributed by atoms with Crippen LogP contribution in [0.1, 0.15) is 36.0 Å². The summed E-state index contributed by atoms with van der Waals surface area (Å²) in [4.78, 5) is 15.3. The van der Waals surface area contributed by atoms with Gasteiger partial charge in [-0.15, -0.1) is 0 Å². The molecule has 0 aliphatic carbocycles. The third-order valence-electron chi connectivity index (χ3n) is 2.64. The molecular weight excluding hydrogens is 246 g/mol. The zero-order valence-electron chi connectivity index (χ0n) is 10.8. The normalized spacial score (nSPS) is 10.3. The monoisotopic (exact) mass is 267 g/mol. The SMILES string of the molecule is CSCCCCCCNc1ncccc1C(N)=O. The number of thioether (sulfide) groups is 1. The maximum atomic E-state index is 11.2. The number of nitrogens with one attached hydrogen (secondary N) is 1. The van der Waals surface area contributed by atoms with Crippen LogP contribution in [0.5, 0.6) is 0 Å². The van der Waals surface area contributed by atoms with Crippen LogP contribution in [-0.4, -0.2) is 29.4 Å². The summed E-state index contributed by atoms with van der Waals surface area (Å²) < 4.78 is 0. The number of nitrogens with zero attached hydrogens (tertiary/aromatic N) is 1. The van der Waals surface area contributed by atoms with Crippen LogP contribution in [0, 0.1) is 0 Å². The molecule has 0 fully saturated rings. The van der Waals surface area contributed by atoms with E-state index in [0.29, 0.717) is 11.4 Å². The molecule has 4 nitrogen and oxygen atoms in total. The average molecular weight is 267 g/mol. The minimum Gasteiger partial charge on any atom is -0.369 e. The fourth-order valence-corrected chi connectivity index (χ4v) is 2.17. The minimum absolute atomic E-state index is 0.439. The van der Waals surface area contributed by atoms with Gasteiger partial charge in [0, 0.05) is 12.7 Å². The Morgan fingerprint density at radius 3 is 2.89 bits per heavy atom. The number of amides is 1. The highest BCUT2D eigenvalue weighted by Gasteiger charge is 2.07. The van der Waals surface area contributed by atoms with Crippen LogP contribution < -0.4 is 11.1 Å². The van der Waals surface area contributed by atoms with Crippen LogP contribution in [0.2, 0.25) is 0 Å². The molecule has 0 aromatic carbocycles. The molecule has 5 heteroatoms. The van der Waals surface area contributed by atoms with Crippen molar-refractivity contribution in [3.63, 3.8) is 0 Å². The van der Waals surface area contributed by atoms with Crippen molar-refractivity contribution >= 4 is 23.5 Å². The molecule has 1 aromatic rings. The Bertz CT molecular complexity index is 371. The largest absolute Gasteiger partial charge is 0.369 e. The fraction of sp³-hybridized carbons (Fsp3) is 0.538. The first-order valence-corrected chi connectivity index (χ1v) is 7.62. The van der Waals surface area contributed by atoms with Gasteiger partial charge in [0.1, 0.15) is 5.82 Å². The molecule has 18 heavy (non-hydrogen) atoms. The van der Waals surface area contributed by atoms with Crippen molar-refractivity contribution in [3.8, 4) is 0 Å². The zero-order valence-corrected chi connectivity index (χ0v) is 11.6. The van der Waals surface area contributed by atoms with E-state index in [2.05, 4.69) is 16.6 Å². The third kappa shape index (κ3) is 5.40. The number of nitrogens with two attached hydrogens (primary N) is 1. The highest BCUT2D eigenvalue weighted by Crippen LogP contribution is 2.11. The van der Waals surface area contributed by atoms with Gasteiger partial charge in [0.2, 0.25) is 0 Å². The molecule has 0 radical (unpaired) electrons. The van der Waals surface area contributed by atoms with Gasteiger partial charge < -0.3 is 11.1 Å². The van der Waals surface area contributed by atoms with Crippen LogP contribution in [0.25, 0.3) is 0 Å². The van der Waals surface area contributed by atoms with Gasteiger partial charge in [-0.1, -0.05) is 12.8 Å². The molecule has 1 aromatic heterocycles. The Morgan fingerprint density at radius 1 is 1.39 bits per heavy atom. The number of carbonyl (C=O) groups excluding carboxylic acids is 1. The van der Waals surface area contributed by atoms with Crippen molar-refractivity contribution in [2.75, 3.05) is 23.9 Å². The zero-order chi connectivity index (χ0) is 13.2. The maximum absolute atomic E-state index is 11.2. The Kier molecular flexibility index (Phi) is 7.25. The molecule has 0 saturated carbocycles. The average Bonchev–Trinajstić information content (AvgIpc) is 2.38. The number of hydrogen-bond acceptors (Lipinski definition) is 4. The first-order valence-electron chi connectivity index (χ1n) is 6.23. The van der Waals surface area contributed by atoms with Gasteiger partial charge in [-0.2, -0.15) is 11.8 Å². The Morgan fingerprint density at radius 2 is 2.17 bits per heavy atom. The summed E-state index contributed by atoms with van der Waals surface area (Å²) in [7, 11) is 0. The number of aromatic nitrogens is 1. The van der Waals surface area contributed by atoms with E-state index in [4.69, 9.17) is 5.73 Å². The molecule has 0 unspecified atom stereocenters.